The van der Waals surface area contributed by atoms with Gasteiger partial charge in [-0.2, -0.15) is 0 Å². The molecule has 28 heavy (non-hydrogen) atoms. The summed E-state index contributed by atoms with van der Waals surface area (Å²) in [6.45, 7) is 0.419. The third kappa shape index (κ3) is 3.19. The number of aliphatic hydroxyl groups excluding tert-OH is 1. The second kappa shape index (κ2) is 7.97. The van der Waals surface area contributed by atoms with Gasteiger partial charge in [0.25, 0.3) is 0 Å². The number of benzene rings is 2. The number of fused-ring (bicyclic) bond motifs is 2. The van der Waals surface area contributed by atoms with Gasteiger partial charge in [-0.25, -0.2) is 0 Å². The van der Waals surface area contributed by atoms with Crippen LogP contribution in [0.2, 0.25) is 0 Å². The molecular formula is C23H27BrN2O2. The maximum absolute atomic E-state index is 14.0. The summed E-state index contributed by atoms with van der Waals surface area (Å²) < 4.78 is 0.998. The fourth-order valence-electron chi connectivity index (χ4n) is 4.99. The number of aliphatic hydroxyl groups is 1. The first kappa shape index (κ1) is 19.6. The van der Waals surface area contributed by atoms with Gasteiger partial charge in [0.15, 0.2) is 0 Å². The molecule has 0 saturated heterocycles. The van der Waals surface area contributed by atoms with Crippen LogP contribution in [0, 0.1) is 0 Å². The van der Waals surface area contributed by atoms with E-state index in [9.17, 15) is 9.90 Å². The van der Waals surface area contributed by atoms with E-state index in [1.54, 1.807) is 0 Å². The Morgan fingerprint density at radius 3 is 2.54 bits per heavy atom. The van der Waals surface area contributed by atoms with Gasteiger partial charge in [-0.15, -0.1) is 0 Å². The van der Waals surface area contributed by atoms with Gasteiger partial charge in [0.05, 0.1) is 17.6 Å². The molecule has 1 aliphatic carbocycles. The van der Waals surface area contributed by atoms with Crippen molar-refractivity contribution >= 4 is 27.5 Å². The minimum absolute atomic E-state index is 0.143. The van der Waals surface area contributed by atoms with Gasteiger partial charge in [-0.05, 0) is 49.2 Å². The molecule has 1 heterocycles. The number of anilines is 1. The van der Waals surface area contributed by atoms with Crippen LogP contribution in [0.25, 0.3) is 0 Å². The van der Waals surface area contributed by atoms with E-state index in [0.29, 0.717) is 6.54 Å². The van der Waals surface area contributed by atoms with Crippen LogP contribution in [0.15, 0.2) is 53.0 Å². The third-order valence-electron chi connectivity index (χ3n) is 6.27. The molecule has 0 bridgehead atoms. The molecule has 148 valence electrons. The van der Waals surface area contributed by atoms with Crippen LogP contribution in [0.4, 0.5) is 5.69 Å². The Labute approximate surface area is 175 Å². The number of halogens is 1. The van der Waals surface area contributed by atoms with Gasteiger partial charge < -0.3 is 15.3 Å². The van der Waals surface area contributed by atoms with Gasteiger partial charge in [-0.1, -0.05) is 65.5 Å². The van der Waals surface area contributed by atoms with Gasteiger partial charge in [0.1, 0.15) is 0 Å². The quantitative estimate of drug-likeness (QED) is 0.724. The lowest BCUT2D eigenvalue weighted by Crippen LogP contribution is -2.47. The lowest BCUT2D eigenvalue weighted by Gasteiger charge is -2.36. The Balaban J connectivity index is 1.86. The van der Waals surface area contributed by atoms with E-state index < -0.39 is 17.6 Å². The first-order chi connectivity index (χ1) is 13.6. The summed E-state index contributed by atoms with van der Waals surface area (Å²) >= 11 is 3.60. The van der Waals surface area contributed by atoms with Crippen LogP contribution < -0.4 is 10.2 Å². The van der Waals surface area contributed by atoms with Crippen LogP contribution in [0.5, 0.6) is 0 Å². The van der Waals surface area contributed by atoms with Gasteiger partial charge in [-0.3, -0.25) is 4.79 Å². The standard InChI is InChI=1S/C23H27BrN2O2/c1-25-15-20(27)21(16-8-4-2-5-9-16)26-19-11-10-17(24)14-18(19)23(22(26)28)12-6-3-7-13-23/h2,4-5,8-11,14,20-21,25,27H,3,6-7,12-13,15H2,1H3/t20?,21-/m0/s1. The largest absolute Gasteiger partial charge is 0.389 e. The molecule has 2 aromatic rings. The van der Waals surface area contributed by atoms with Gasteiger partial charge in [0.2, 0.25) is 5.91 Å². The number of nitrogens with zero attached hydrogens (tertiary/aromatic N) is 1. The average Bonchev–Trinajstić information content (AvgIpc) is 2.93. The molecule has 5 heteroatoms. The highest BCUT2D eigenvalue weighted by atomic mass is 79.9. The highest BCUT2D eigenvalue weighted by Crippen LogP contribution is 2.53. The van der Waals surface area contributed by atoms with Crippen molar-refractivity contribution in [2.24, 2.45) is 0 Å². The Morgan fingerprint density at radius 1 is 1.14 bits per heavy atom. The van der Waals surface area contributed by atoms with Gasteiger partial charge >= 0.3 is 0 Å². The van der Waals surface area contributed by atoms with Crippen molar-refractivity contribution < 1.29 is 9.90 Å². The second-order valence-electron chi connectivity index (χ2n) is 7.96. The summed E-state index contributed by atoms with van der Waals surface area (Å²) in [5.41, 5.74) is 2.56. The molecule has 1 saturated carbocycles. The van der Waals surface area contributed by atoms with E-state index in [2.05, 4.69) is 27.3 Å². The first-order valence-corrected chi connectivity index (χ1v) is 10.9. The molecule has 1 amide bonds. The smallest absolute Gasteiger partial charge is 0.238 e. The number of hydrogen-bond donors (Lipinski definition) is 2. The van der Waals surface area contributed by atoms with Crippen molar-refractivity contribution in [1.82, 2.24) is 5.32 Å². The van der Waals surface area contributed by atoms with Crippen molar-refractivity contribution in [1.29, 1.82) is 0 Å². The summed E-state index contributed by atoms with van der Waals surface area (Å²) in [5.74, 6) is 0.143. The molecular weight excluding hydrogens is 416 g/mol. The SMILES string of the molecule is CNCC(O)[C@H](c1ccccc1)N1C(=O)C2(CCCCC2)c2cc(Br)ccc21. The number of carbonyl (C=O) groups excluding carboxylic acids is 1. The zero-order valence-corrected chi connectivity index (χ0v) is 17.8. The van der Waals surface area contributed by atoms with Crippen LogP contribution >= 0.6 is 15.9 Å². The molecule has 4 rings (SSSR count). The second-order valence-corrected chi connectivity index (χ2v) is 8.88. The van der Waals surface area contributed by atoms with E-state index in [1.807, 2.05) is 54.4 Å². The summed E-state index contributed by atoms with van der Waals surface area (Å²) in [4.78, 5) is 15.8. The van der Waals surface area contributed by atoms with Crippen LogP contribution in [0.3, 0.4) is 0 Å². The molecule has 2 atom stereocenters. The van der Waals surface area contributed by atoms with Gasteiger partial charge in [0, 0.05) is 16.7 Å². The van der Waals surface area contributed by atoms with Crippen molar-refractivity contribution in [3.63, 3.8) is 0 Å². The predicted octanol–water partition coefficient (Wildman–Crippen LogP) is 4.32. The first-order valence-electron chi connectivity index (χ1n) is 10.1. The number of rotatable bonds is 5. The number of carbonyl (C=O) groups is 1. The molecule has 0 radical (unpaired) electrons. The van der Waals surface area contributed by atoms with Crippen molar-refractivity contribution in [3.8, 4) is 0 Å². The minimum Gasteiger partial charge on any atom is -0.389 e. The number of nitrogens with one attached hydrogen (secondary N) is 1. The summed E-state index contributed by atoms with van der Waals surface area (Å²) in [7, 11) is 1.82. The lowest BCUT2D eigenvalue weighted by atomic mass is 9.70. The average molecular weight is 443 g/mol. The maximum atomic E-state index is 14.0. The highest BCUT2D eigenvalue weighted by Gasteiger charge is 2.53. The van der Waals surface area contributed by atoms with Crippen LogP contribution in [-0.4, -0.2) is 30.7 Å². The van der Waals surface area contributed by atoms with E-state index in [0.717, 1.165) is 47.0 Å². The Morgan fingerprint density at radius 2 is 1.86 bits per heavy atom. The minimum atomic E-state index is -0.702. The molecule has 1 aliphatic heterocycles. The molecule has 1 fully saturated rings. The maximum Gasteiger partial charge on any atom is 0.238 e. The number of amides is 1. The Bertz CT molecular complexity index is 849. The van der Waals surface area contributed by atoms with Crippen molar-refractivity contribution in [3.05, 3.63) is 64.1 Å². The van der Waals surface area contributed by atoms with Crippen LogP contribution in [-0.2, 0) is 10.2 Å². The molecule has 2 N–H and O–H groups in total. The summed E-state index contributed by atoms with van der Waals surface area (Å²) in [6.07, 6.45) is 4.39. The fourth-order valence-corrected chi connectivity index (χ4v) is 5.35. The Hall–Kier alpha value is -1.69. The lowest BCUT2D eigenvalue weighted by molar-refractivity contribution is -0.125. The van der Waals surface area contributed by atoms with E-state index in [1.165, 1.54) is 6.42 Å². The monoisotopic (exact) mass is 442 g/mol. The Kier molecular flexibility index (Phi) is 5.59. The van der Waals surface area contributed by atoms with Crippen molar-refractivity contribution in [2.45, 2.75) is 49.7 Å². The molecule has 0 aromatic heterocycles. The van der Waals surface area contributed by atoms with E-state index >= 15 is 0 Å². The topological polar surface area (TPSA) is 52.6 Å². The molecule has 1 unspecified atom stereocenters. The predicted molar refractivity (Wildman–Crippen MR) is 116 cm³/mol. The molecule has 1 spiro atoms. The fraction of sp³-hybridized carbons (Fsp3) is 0.435. The highest BCUT2D eigenvalue weighted by molar-refractivity contribution is 9.10. The summed E-state index contributed by atoms with van der Waals surface area (Å²) in [6, 6.07) is 15.6. The van der Waals surface area contributed by atoms with E-state index in [-0.39, 0.29) is 5.91 Å². The van der Waals surface area contributed by atoms with Crippen molar-refractivity contribution in [2.75, 3.05) is 18.5 Å². The van der Waals surface area contributed by atoms with E-state index in [4.69, 9.17) is 0 Å². The summed E-state index contributed by atoms with van der Waals surface area (Å²) in [5, 5.41) is 14.1. The third-order valence-corrected chi connectivity index (χ3v) is 6.76. The zero-order chi connectivity index (χ0) is 19.7. The molecule has 4 nitrogen and oxygen atoms in total. The molecule has 2 aliphatic rings. The van der Waals surface area contributed by atoms with Crippen LogP contribution in [0.1, 0.15) is 49.3 Å². The normalized spacial score (nSPS) is 20.2. The molecule has 2 aromatic carbocycles. The zero-order valence-electron chi connectivity index (χ0n) is 16.2. The number of hydrogen-bond acceptors (Lipinski definition) is 3. The number of likely N-dealkylation sites (N-methyl/N-ethyl adjacent to an activating group) is 1.